The molecule has 7 nitrogen and oxygen atoms in total. The van der Waals surface area contributed by atoms with E-state index in [0.717, 1.165) is 42.3 Å². The third-order valence-corrected chi connectivity index (χ3v) is 8.41. The van der Waals surface area contributed by atoms with Crippen LogP contribution in [-0.4, -0.2) is 59.6 Å². The molecule has 0 saturated carbocycles. The lowest BCUT2D eigenvalue weighted by atomic mass is 9.85. The Morgan fingerprint density at radius 1 is 1.11 bits per heavy atom. The zero-order valence-electron chi connectivity index (χ0n) is 26.5. The largest absolute Gasteiger partial charge is 0.481 e. The molecule has 0 aliphatic carbocycles. The molecule has 3 rings (SSSR count). The topological polar surface area (TPSA) is 82.8 Å². The normalized spacial score (nSPS) is 17.3. The van der Waals surface area contributed by atoms with Gasteiger partial charge in [0.05, 0.1) is 18.0 Å². The molecule has 2 heterocycles. The van der Waals surface area contributed by atoms with E-state index in [1.54, 1.807) is 38.1 Å². The number of nitrogens with zero attached hydrogens (tertiary/aromatic N) is 3. The third-order valence-electron chi connectivity index (χ3n) is 8.41. The summed E-state index contributed by atoms with van der Waals surface area (Å²) in [7, 11) is 3.44. The molecule has 3 atom stereocenters. The number of benzene rings is 1. The molecule has 11 heteroatoms. The molecule has 244 valence electrons. The number of anilines is 1. The molecule has 1 aliphatic heterocycles. The number of aryl methyl sites for hydroxylation is 1. The smallest absolute Gasteiger partial charge is 0.416 e. The van der Waals surface area contributed by atoms with E-state index in [1.165, 1.54) is 0 Å². The quantitative estimate of drug-likeness (QED) is 0.253. The van der Waals surface area contributed by atoms with Gasteiger partial charge in [-0.05, 0) is 94.8 Å². The molecule has 1 aliphatic rings. The molecule has 1 aromatic carbocycles. The second kappa shape index (κ2) is 14.7. The number of carboxylic acids is 1. The first-order valence-corrected chi connectivity index (χ1v) is 15.3. The highest BCUT2D eigenvalue weighted by Gasteiger charge is 2.36. The average molecular weight is 624 g/mol. The fourth-order valence-corrected chi connectivity index (χ4v) is 6.09. The summed E-state index contributed by atoms with van der Waals surface area (Å²) in [5.74, 6) is -3.49. The Kier molecular flexibility index (Phi) is 11.8. The standard InChI is InChI=1S/C33H45F4N3O4/c1-20(2)13-28(40-19-23(10-12-38(5)6)27(18-30(40)42)33(35,36)37)29(41)15-24(16-31(43)44)26-17-25(14-21(3)32(26)34)39-11-8-7-9-22(39)4/h14,17-20,22,24,28H,7-13,15-16H2,1-6H3,(H,43,44)/t22-,24-,28?/m0/s1. The molecule has 1 fully saturated rings. The lowest BCUT2D eigenvalue weighted by Crippen LogP contribution is -2.37. The lowest BCUT2D eigenvalue weighted by molar-refractivity contribution is -0.139. The number of carboxylic acid groups (broad SMARTS) is 1. The van der Waals surface area contributed by atoms with Crippen molar-refractivity contribution in [3.63, 3.8) is 0 Å². The minimum Gasteiger partial charge on any atom is -0.481 e. The van der Waals surface area contributed by atoms with E-state index >= 15 is 4.39 Å². The van der Waals surface area contributed by atoms with Crippen molar-refractivity contribution >= 4 is 17.4 Å². The number of hydrogen-bond donors (Lipinski definition) is 1. The first kappa shape index (κ1) is 35.3. The Labute approximate surface area is 256 Å². The second-order valence-electron chi connectivity index (χ2n) is 12.8. The second-order valence-corrected chi connectivity index (χ2v) is 12.8. The van der Waals surface area contributed by atoms with Gasteiger partial charge in [-0.1, -0.05) is 13.8 Å². The van der Waals surface area contributed by atoms with Gasteiger partial charge in [-0.25, -0.2) is 4.39 Å². The Morgan fingerprint density at radius 2 is 1.80 bits per heavy atom. The lowest BCUT2D eigenvalue weighted by Gasteiger charge is -2.36. The highest BCUT2D eigenvalue weighted by molar-refractivity contribution is 5.84. The van der Waals surface area contributed by atoms with Gasteiger partial charge in [-0.3, -0.25) is 14.4 Å². The number of hydrogen-bond acceptors (Lipinski definition) is 5. The van der Waals surface area contributed by atoms with Gasteiger partial charge in [0.25, 0.3) is 5.56 Å². The summed E-state index contributed by atoms with van der Waals surface area (Å²) in [6.07, 6.45) is -1.38. The molecule has 0 radical (unpaired) electrons. The van der Waals surface area contributed by atoms with E-state index in [9.17, 15) is 32.7 Å². The average Bonchev–Trinajstić information content (AvgIpc) is 2.91. The van der Waals surface area contributed by atoms with E-state index < -0.39 is 53.2 Å². The van der Waals surface area contributed by atoms with Crippen LogP contribution in [0.25, 0.3) is 0 Å². The van der Waals surface area contributed by atoms with Crippen molar-refractivity contribution in [2.75, 3.05) is 32.1 Å². The van der Waals surface area contributed by atoms with Crippen LogP contribution in [-0.2, 0) is 22.2 Å². The number of ketones is 1. The highest BCUT2D eigenvalue weighted by atomic mass is 19.4. The predicted molar refractivity (Wildman–Crippen MR) is 163 cm³/mol. The molecule has 1 aromatic heterocycles. The molecule has 44 heavy (non-hydrogen) atoms. The van der Waals surface area contributed by atoms with Crippen LogP contribution in [0.5, 0.6) is 0 Å². The van der Waals surface area contributed by atoms with Crippen LogP contribution in [0.3, 0.4) is 0 Å². The van der Waals surface area contributed by atoms with Crippen molar-refractivity contribution in [1.29, 1.82) is 0 Å². The Morgan fingerprint density at radius 3 is 2.36 bits per heavy atom. The van der Waals surface area contributed by atoms with Gasteiger partial charge < -0.3 is 19.5 Å². The van der Waals surface area contributed by atoms with Gasteiger partial charge in [-0.15, -0.1) is 0 Å². The van der Waals surface area contributed by atoms with Crippen molar-refractivity contribution < 1.29 is 32.3 Å². The monoisotopic (exact) mass is 623 g/mol. The minimum absolute atomic E-state index is 0.00143. The zero-order chi connectivity index (χ0) is 32.9. The van der Waals surface area contributed by atoms with Crippen LogP contribution in [0.2, 0.25) is 0 Å². The fourth-order valence-electron chi connectivity index (χ4n) is 6.09. The predicted octanol–water partition coefficient (Wildman–Crippen LogP) is 6.60. The number of Topliss-reactive ketones (excluding diaryl/α,β-unsaturated/α-hetero) is 1. The summed E-state index contributed by atoms with van der Waals surface area (Å²) < 4.78 is 58.3. The van der Waals surface area contributed by atoms with Gasteiger partial charge in [-0.2, -0.15) is 13.2 Å². The molecule has 1 saturated heterocycles. The number of rotatable bonds is 13. The van der Waals surface area contributed by atoms with Crippen LogP contribution >= 0.6 is 0 Å². The van der Waals surface area contributed by atoms with Crippen LogP contribution in [0.1, 0.15) is 93.5 Å². The van der Waals surface area contributed by atoms with E-state index in [-0.39, 0.29) is 48.9 Å². The van der Waals surface area contributed by atoms with E-state index in [2.05, 4.69) is 11.8 Å². The number of pyridine rings is 1. The summed E-state index contributed by atoms with van der Waals surface area (Å²) in [6, 6.07) is 2.97. The first-order valence-electron chi connectivity index (χ1n) is 15.3. The molecule has 1 N–H and O–H groups in total. The molecule has 0 amide bonds. The number of aliphatic carboxylic acids is 1. The van der Waals surface area contributed by atoms with Crippen molar-refractivity contribution in [3.05, 3.63) is 62.8 Å². The van der Waals surface area contributed by atoms with Crippen LogP contribution in [0.4, 0.5) is 23.2 Å². The van der Waals surface area contributed by atoms with Crippen LogP contribution in [0.15, 0.2) is 29.2 Å². The maximum absolute atomic E-state index is 15.7. The van der Waals surface area contributed by atoms with Crippen molar-refractivity contribution in [2.45, 2.75) is 96.8 Å². The van der Waals surface area contributed by atoms with Crippen molar-refractivity contribution in [1.82, 2.24) is 9.47 Å². The third kappa shape index (κ3) is 8.92. The number of carbonyl (C=O) groups is 2. The maximum Gasteiger partial charge on any atom is 0.416 e. The van der Waals surface area contributed by atoms with Gasteiger partial charge >= 0.3 is 12.1 Å². The molecular formula is C33H45F4N3O4. The van der Waals surface area contributed by atoms with Crippen molar-refractivity contribution in [2.24, 2.45) is 5.92 Å². The summed E-state index contributed by atoms with van der Waals surface area (Å²) in [5, 5.41) is 9.76. The molecular weight excluding hydrogens is 578 g/mol. The summed E-state index contributed by atoms with van der Waals surface area (Å²) in [5.41, 5.74) is -0.912. The molecule has 0 spiro atoms. The summed E-state index contributed by atoms with van der Waals surface area (Å²) in [6.45, 7) is 8.40. The highest BCUT2D eigenvalue weighted by Crippen LogP contribution is 2.36. The number of halogens is 4. The summed E-state index contributed by atoms with van der Waals surface area (Å²) in [4.78, 5) is 43.0. The Bertz CT molecular complexity index is 1390. The fraction of sp³-hybridized carbons (Fsp3) is 0.606. The SMILES string of the molecule is Cc1cc(N2CCCC[C@@H]2C)cc([C@H](CC(=O)O)CC(=O)C(CC(C)C)n2cc(CCN(C)C)c(C(F)(F)F)cc2=O)c1F. The summed E-state index contributed by atoms with van der Waals surface area (Å²) >= 11 is 0. The van der Waals surface area contributed by atoms with E-state index in [0.29, 0.717) is 11.6 Å². The molecule has 2 aromatic rings. The van der Waals surface area contributed by atoms with E-state index in [1.807, 2.05) is 13.8 Å². The first-order chi connectivity index (χ1) is 20.5. The molecule has 1 unspecified atom stereocenters. The van der Waals surface area contributed by atoms with Crippen molar-refractivity contribution in [3.8, 4) is 0 Å². The Hall–Kier alpha value is -3.21. The van der Waals surface area contributed by atoms with Gasteiger partial charge in [0.1, 0.15) is 5.82 Å². The number of aromatic nitrogens is 1. The number of carbonyl (C=O) groups excluding carboxylic acids is 1. The number of piperidine rings is 1. The number of likely N-dealkylation sites (N-methyl/N-ethyl adjacent to an activating group) is 1. The number of alkyl halides is 3. The zero-order valence-corrected chi connectivity index (χ0v) is 26.5. The van der Waals surface area contributed by atoms with Gasteiger partial charge in [0.15, 0.2) is 5.78 Å². The minimum atomic E-state index is -4.75. The van der Waals surface area contributed by atoms with Gasteiger partial charge in [0.2, 0.25) is 0 Å². The van der Waals surface area contributed by atoms with Crippen LogP contribution < -0.4 is 10.5 Å². The van der Waals surface area contributed by atoms with E-state index in [4.69, 9.17) is 0 Å². The Balaban J connectivity index is 2.08. The maximum atomic E-state index is 15.7. The van der Waals surface area contributed by atoms with Gasteiger partial charge in [0, 0.05) is 49.4 Å². The van der Waals surface area contributed by atoms with Crippen LogP contribution in [0, 0.1) is 18.7 Å². The molecule has 0 bridgehead atoms.